The van der Waals surface area contributed by atoms with Crippen LogP contribution in [0.5, 0.6) is 0 Å². The quantitative estimate of drug-likeness (QED) is 0.345. The van der Waals surface area contributed by atoms with Crippen LogP contribution in [-0.2, 0) is 9.84 Å². The molecule has 8 heteroatoms. The van der Waals surface area contributed by atoms with Crippen LogP contribution in [0.15, 0.2) is 23.1 Å². The van der Waals surface area contributed by atoms with Crippen molar-refractivity contribution in [2.45, 2.75) is 11.3 Å². The fraction of sp³-hybridized carbons (Fsp3) is 0.571. The molecule has 0 aromatic heterocycles. The van der Waals surface area contributed by atoms with E-state index < -0.39 is 16.4 Å². The first-order chi connectivity index (χ1) is 10.4. The molecule has 1 aromatic rings. The Kier molecular flexibility index (Phi) is 7.60. The van der Waals surface area contributed by atoms with Crippen LogP contribution in [-0.4, -0.2) is 69.2 Å². The molecule has 1 aromatic carbocycles. The average molecular weight is 331 g/mol. The molecular formula is C14H25N3O4S. The zero-order valence-corrected chi connectivity index (χ0v) is 13.6. The van der Waals surface area contributed by atoms with Crippen LogP contribution in [0.4, 0.5) is 11.4 Å². The Morgan fingerprint density at radius 2 is 1.95 bits per heavy atom. The Labute approximate surface area is 131 Å². The third kappa shape index (κ3) is 5.80. The zero-order valence-electron chi connectivity index (χ0n) is 12.8. The van der Waals surface area contributed by atoms with Crippen molar-refractivity contribution in [2.24, 2.45) is 0 Å². The van der Waals surface area contributed by atoms with E-state index in [0.29, 0.717) is 24.5 Å². The Morgan fingerprint density at radius 1 is 1.23 bits per heavy atom. The zero-order chi connectivity index (χ0) is 16.6. The van der Waals surface area contributed by atoms with Crippen LogP contribution >= 0.6 is 0 Å². The standard InChI is InChI=1S/C14H25N3O4S/c1-17(7-8-18)6-2-5-16-13-4-3-12(15)11-14(13)22(20,21)10-9-19/h3-4,11,16,18-19H,2,5-10,15H2,1H3. The van der Waals surface area contributed by atoms with Crippen molar-refractivity contribution in [2.75, 3.05) is 56.7 Å². The van der Waals surface area contributed by atoms with Gasteiger partial charge in [-0.3, -0.25) is 0 Å². The summed E-state index contributed by atoms with van der Waals surface area (Å²) in [5, 5.41) is 20.8. The van der Waals surface area contributed by atoms with Crippen molar-refractivity contribution in [3.8, 4) is 0 Å². The lowest BCUT2D eigenvalue weighted by Gasteiger charge is -2.16. The van der Waals surface area contributed by atoms with E-state index >= 15 is 0 Å². The topological polar surface area (TPSA) is 116 Å². The van der Waals surface area contributed by atoms with Gasteiger partial charge < -0.3 is 26.2 Å². The van der Waals surface area contributed by atoms with Gasteiger partial charge in [0.1, 0.15) is 0 Å². The Balaban J connectivity index is 2.71. The molecule has 22 heavy (non-hydrogen) atoms. The molecule has 5 N–H and O–H groups in total. The summed E-state index contributed by atoms with van der Waals surface area (Å²) in [5.41, 5.74) is 6.52. The molecule has 0 bridgehead atoms. The van der Waals surface area contributed by atoms with Gasteiger partial charge in [-0.25, -0.2) is 8.42 Å². The number of likely N-dealkylation sites (N-methyl/N-ethyl adjacent to an activating group) is 1. The van der Waals surface area contributed by atoms with Gasteiger partial charge in [-0.15, -0.1) is 0 Å². The Morgan fingerprint density at radius 3 is 2.59 bits per heavy atom. The summed E-state index contributed by atoms with van der Waals surface area (Å²) in [5.74, 6) is -0.329. The van der Waals surface area contributed by atoms with Crippen molar-refractivity contribution in [3.63, 3.8) is 0 Å². The summed E-state index contributed by atoms with van der Waals surface area (Å²) in [6, 6.07) is 4.68. The lowest BCUT2D eigenvalue weighted by atomic mass is 10.2. The third-order valence-corrected chi connectivity index (χ3v) is 4.94. The number of aliphatic hydroxyl groups is 2. The molecule has 0 saturated carbocycles. The molecule has 0 heterocycles. The summed E-state index contributed by atoms with van der Waals surface area (Å²) in [6.45, 7) is 1.69. The second kappa shape index (κ2) is 8.94. The van der Waals surface area contributed by atoms with Crippen molar-refractivity contribution in [1.29, 1.82) is 0 Å². The molecule has 0 fully saturated rings. The minimum absolute atomic E-state index is 0.116. The molecule has 0 atom stereocenters. The fourth-order valence-corrected chi connectivity index (χ4v) is 3.28. The molecule has 0 radical (unpaired) electrons. The van der Waals surface area contributed by atoms with Gasteiger partial charge in [0.05, 0.1) is 29.5 Å². The summed E-state index contributed by atoms with van der Waals surface area (Å²) in [6.07, 6.45) is 0.806. The maximum Gasteiger partial charge on any atom is 0.182 e. The normalized spacial score (nSPS) is 11.8. The molecule has 0 amide bonds. The van der Waals surface area contributed by atoms with Crippen LogP contribution in [0.25, 0.3) is 0 Å². The third-order valence-electron chi connectivity index (χ3n) is 3.21. The number of nitrogen functional groups attached to an aromatic ring is 1. The number of nitrogens with two attached hydrogens (primary N) is 1. The average Bonchev–Trinajstić information content (AvgIpc) is 2.45. The Hall–Kier alpha value is -1.35. The van der Waals surface area contributed by atoms with E-state index in [1.807, 2.05) is 11.9 Å². The van der Waals surface area contributed by atoms with Gasteiger partial charge in [-0.05, 0) is 38.2 Å². The van der Waals surface area contributed by atoms with Crippen LogP contribution < -0.4 is 11.1 Å². The Bertz CT molecular complexity index is 563. The second-order valence-corrected chi connectivity index (χ2v) is 7.18. The predicted octanol–water partition coefficient (Wildman–Crippen LogP) is -0.239. The highest BCUT2D eigenvalue weighted by Crippen LogP contribution is 2.25. The van der Waals surface area contributed by atoms with Gasteiger partial charge >= 0.3 is 0 Å². The van der Waals surface area contributed by atoms with Gasteiger partial charge in [-0.1, -0.05) is 0 Å². The van der Waals surface area contributed by atoms with E-state index in [-0.39, 0.29) is 17.3 Å². The number of sulfone groups is 1. The number of hydrogen-bond donors (Lipinski definition) is 4. The van der Waals surface area contributed by atoms with Crippen LogP contribution in [0, 0.1) is 0 Å². The van der Waals surface area contributed by atoms with E-state index in [9.17, 15) is 8.42 Å². The highest BCUT2D eigenvalue weighted by Gasteiger charge is 2.18. The lowest BCUT2D eigenvalue weighted by Crippen LogP contribution is -2.24. The number of benzene rings is 1. The van der Waals surface area contributed by atoms with Crippen molar-refractivity contribution >= 4 is 21.2 Å². The molecule has 126 valence electrons. The molecule has 7 nitrogen and oxygen atoms in total. The summed E-state index contributed by atoms with van der Waals surface area (Å²) < 4.78 is 24.3. The summed E-state index contributed by atoms with van der Waals surface area (Å²) in [7, 11) is -1.65. The SMILES string of the molecule is CN(CCO)CCCNc1ccc(N)cc1S(=O)(=O)CCO. The van der Waals surface area contributed by atoms with E-state index in [2.05, 4.69) is 5.32 Å². The van der Waals surface area contributed by atoms with Gasteiger partial charge in [0.25, 0.3) is 0 Å². The predicted molar refractivity (Wildman–Crippen MR) is 87.7 cm³/mol. The lowest BCUT2D eigenvalue weighted by molar-refractivity contribution is 0.221. The largest absolute Gasteiger partial charge is 0.399 e. The van der Waals surface area contributed by atoms with Gasteiger partial charge in [0, 0.05) is 18.8 Å². The molecule has 0 unspecified atom stereocenters. The monoisotopic (exact) mass is 331 g/mol. The highest BCUT2D eigenvalue weighted by molar-refractivity contribution is 7.91. The van der Waals surface area contributed by atoms with E-state index in [4.69, 9.17) is 15.9 Å². The molecule has 0 aliphatic heterocycles. The van der Waals surface area contributed by atoms with Crippen molar-refractivity contribution < 1.29 is 18.6 Å². The number of rotatable bonds is 10. The molecular weight excluding hydrogens is 306 g/mol. The number of hydrogen-bond acceptors (Lipinski definition) is 7. The van der Waals surface area contributed by atoms with Gasteiger partial charge in [-0.2, -0.15) is 0 Å². The highest BCUT2D eigenvalue weighted by atomic mass is 32.2. The first-order valence-corrected chi connectivity index (χ1v) is 8.82. The number of nitrogens with zero attached hydrogens (tertiary/aromatic N) is 1. The van der Waals surface area contributed by atoms with Crippen molar-refractivity contribution in [1.82, 2.24) is 4.90 Å². The number of anilines is 2. The first-order valence-electron chi connectivity index (χ1n) is 7.17. The first kappa shape index (κ1) is 18.7. The van der Waals surface area contributed by atoms with Crippen LogP contribution in [0.2, 0.25) is 0 Å². The minimum atomic E-state index is -3.56. The number of aliphatic hydroxyl groups excluding tert-OH is 2. The smallest absolute Gasteiger partial charge is 0.182 e. The van der Waals surface area contributed by atoms with Crippen molar-refractivity contribution in [3.05, 3.63) is 18.2 Å². The van der Waals surface area contributed by atoms with Crippen LogP contribution in [0.3, 0.4) is 0 Å². The molecule has 0 spiro atoms. The fourth-order valence-electron chi connectivity index (χ4n) is 2.03. The minimum Gasteiger partial charge on any atom is -0.399 e. The van der Waals surface area contributed by atoms with Gasteiger partial charge in [0.2, 0.25) is 0 Å². The molecule has 0 aliphatic rings. The second-order valence-electron chi connectivity index (χ2n) is 5.11. The summed E-state index contributed by atoms with van der Waals surface area (Å²) >= 11 is 0. The molecule has 0 aliphatic carbocycles. The maximum absolute atomic E-state index is 12.1. The van der Waals surface area contributed by atoms with E-state index in [1.165, 1.54) is 6.07 Å². The summed E-state index contributed by atoms with van der Waals surface area (Å²) in [4.78, 5) is 2.11. The molecule has 0 saturated heterocycles. The van der Waals surface area contributed by atoms with E-state index in [1.54, 1.807) is 12.1 Å². The molecule has 1 rings (SSSR count). The van der Waals surface area contributed by atoms with Gasteiger partial charge in [0.15, 0.2) is 9.84 Å². The number of nitrogens with one attached hydrogen (secondary N) is 1. The van der Waals surface area contributed by atoms with E-state index in [0.717, 1.165) is 13.0 Å². The maximum atomic E-state index is 12.1. The van der Waals surface area contributed by atoms with Crippen LogP contribution in [0.1, 0.15) is 6.42 Å².